The first kappa shape index (κ1) is 16.2. The van der Waals surface area contributed by atoms with Gasteiger partial charge in [0.15, 0.2) is 4.77 Å². The van der Waals surface area contributed by atoms with Crippen molar-refractivity contribution >= 4 is 50.7 Å². The highest BCUT2D eigenvalue weighted by molar-refractivity contribution is 9.10. The van der Waals surface area contributed by atoms with Crippen molar-refractivity contribution in [3.63, 3.8) is 0 Å². The van der Waals surface area contributed by atoms with Crippen LogP contribution in [0.25, 0.3) is 10.9 Å². The summed E-state index contributed by atoms with van der Waals surface area (Å²) in [4.78, 5) is 15.9. The van der Waals surface area contributed by atoms with Crippen molar-refractivity contribution < 1.29 is 4.74 Å². The molecule has 2 aromatic carbocycles. The quantitative estimate of drug-likeness (QED) is 0.644. The van der Waals surface area contributed by atoms with Gasteiger partial charge < -0.3 is 9.72 Å². The van der Waals surface area contributed by atoms with E-state index >= 15 is 0 Å². The van der Waals surface area contributed by atoms with Gasteiger partial charge in [-0.3, -0.25) is 9.36 Å². The van der Waals surface area contributed by atoms with Crippen LogP contribution in [0.1, 0.15) is 5.56 Å². The zero-order valence-corrected chi connectivity index (χ0v) is 15.3. The largest absolute Gasteiger partial charge is 0.496 e. The van der Waals surface area contributed by atoms with Crippen molar-refractivity contribution in [1.29, 1.82) is 0 Å². The molecule has 0 unspecified atom stereocenters. The van der Waals surface area contributed by atoms with Crippen LogP contribution in [0.3, 0.4) is 0 Å². The van der Waals surface area contributed by atoms with Gasteiger partial charge >= 0.3 is 0 Å². The normalized spacial score (nSPS) is 10.9. The monoisotopic (exact) mass is 410 g/mol. The zero-order chi connectivity index (χ0) is 16.6. The fraction of sp³-hybridized carbons (Fsp3) is 0.125. The van der Waals surface area contributed by atoms with E-state index in [9.17, 15) is 4.79 Å². The number of methoxy groups -OCH3 is 1. The summed E-state index contributed by atoms with van der Waals surface area (Å²) in [6.07, 6.45) is 0. The van der Waals surface area contributed by atoms with E-state index < -0.39 is 0 Å². The van der Waals surface area contributed by atoms with E-state index in [1.54, 1.807) is 31.4 Å². The van der Waals surface area contributed by atoms with Crippen LogP contribution in [0.2, 0.25) is 5.02 Å². The van der Waals surface area contributed by atoms with Gasteiger partial charge in [0.25, 0.3) is 5.56 Å². The van der Waals surface area contributed by atoms with Crippen LogP contribution in [0.4, 0.5) is 0 Å². The average Bonchev–Trinajstić information content (AvgIpc) is 2.53. The van der Waals surface area contributed by atoms with Gasteiger partial charge in [-0.05, 0) is 58.0 Å². The van der Waals surface area contributed by atoms with E-state index in [0.717, 1.165) is 10.0 Å². The summed E-state index contributed by atoms with van der Waals surface area (Å²) in [5.41, 5.74) is 1.45. The fourth-order valence-corrected chi connectivity index (χ4v) is 3.22. The number of halogens is 2. The zero-order valence-electron chi connectivity index (χ0n) is 12.1. The van der Waals surface area contributed by atoms with Gasteiger partial charge in [-0.25, -0.2) is 0 Å². The molecule has 0 fully saturated rings. The molecule has 1 aromatic heterocycles. The number of aromatic nitrogens is 2. The highest BCUT2D eigenvalue weighted by Crippen LogP contribution is 2.28. The van der Waals surface area contributed by atoms with Crippen LogP contribution in [-0.4, -0.2) is 16.7 Å². The van der Waals surface area contributed by atoms with Gasteiger partial charge in [-0.1, -0.05) is 23.7 Å². The minimum atomic E-state index is -0.162. The molecule has 1 N–H and O–H groups in total. The van der Waals surface area contributed by atoms with Crippen LogP contribution < -0.4 is 10.3 Å². The number of hydrogen-bond donors (Lipinski definition) is 1. The molecule has 7 heteroatoms. The summed E-state index contributed by atoms with van der Waals surface area (Å²) >= 11 is 14.6. The van der Waals surface area contributed by atoms with Crippen LogP contribution >= 0.6 is 39.7 Å². The van der Waals surface area contributed by atoms with E-state index in [2.05, 4.69) is 20.9 Å². The van der Waals surface area contributed by atoms with E-state index in [-0.39, 0.29) is 5.56 Å². The smallest absolute Gasteiger partial charge is 0.262 e. The number of ether oxygens (including phenoxy) is 1. The maximum Gasteiger partial charge on any atom is 0.262 e. The van der Waals surface area contributed by atoms with Crippen LogP contribution in [0.5, 0.6) is 5.75 Å². The molecule has 23 heavy (non-hydrogen) atoms. The van der Waals surface area contributed by atoms with Crippen molar-refractivity contribution in [2.24, 2.45) is 0 Å². The third-order valence-electron chi connectivity index (χ3n) is 3.51. The lowest BCUT2D eigenvalue weighted by molar-refractivity contribution is 0.412. The number of H-pyrrole nitrogens is 1. The summed E-state index contributed by atoms with van der Waals surface area (Å²) in [6.45, 7) is 0.375. The molecule has 0 saturated carbocycles. The SMILES string of the molecule is COc1cc2c(=O)n(Cc3ccc(Cl)cc3)c(=S)[nH]c2cc1Br. The van der Waals surface area contributed by atoms with Gasteiger partial charge in [0.2, 0.25) is 0 Å². The third kappa shape index (κ3) is 3.20. The second-order valence-corrected chi connectivity index (χ2v) is 6.66. The lowest BCUT2D eigenvalue weighted by Crippen LogP contribution is -2.22. The molecule has 3 rings (SSSR count). The molecule has 0 aliphatic rings. The van der Waals surface area contributed by atoms with Gasteiger partial charge in [-0.2, -0.15) is 0 Å². The van der Waals surface area contributed by atoms with Gasteiger partial charge in [0.05, 0.1) is 29.0 Å². The molecule has 0 bridgehead atoms. The Kier molecular flexibility index (Phi) is 4.57. The Morgan fingerprint density at radius 1 is 1.30 bits per heavy atom. The number of aromatic amines is 1. The lowest BCUT2D eigenvalue weighted by atomic mass is 10.2. The number of hydrogen-bond acceptors (Lipinski definition) is 3. The minimum absolute atomic E-state index is 0.162. The first-order valence-corrected chi connectivity index (χ1v) is 8.32. The number of nitrogens with one attached hydrogen (secondary N) is 1. The molecule has 1 heterocycles. The van der Waals surface area contributed by atoms with Gasteiger partial charge in [0.1, 0.15) is 5.75 Å². The van der Waals surface area contributed by atoms with Crippen LogP contribution in [-0.2, 0) is 6.54 Å². The summed E-state index contributed by atoms with van der Waals surface area (Å²) in [7, 11) is 1.56. The molecular formula is C16H12BrClN2O2S. The van der Waals surface area contributed by atoms with Crippen LogP contribution in [0.15, 0.2) is 45.7 Å². The Morgan fingerprint density at radius 3 is 2.65 bits per heavy atom. The Balaban J connectivity index is 2.17. The second-order valence-electron chi connectivity index (χ2n) is 4.98. The molecule has 0 aliphatic heterocycles. The maximum absolute atomic E-state index is 12.8. The molecular weight excluding hydrogens is 400 g/mol. The fourth-order valence-electron chi connectivity index (χ4n) is 2.33. The summed E-state index contributed by atoms with van der Waals surface area (Å²) in [5, 5.41) is 1.17. The van der Waals surface area contributed by atoms with Crippen molar-refractivity contribution in [3.8, 4) is 5.75 Å². The molecule has 0 atom stereocenters. The molecule has 118 valence electrons. The Morgan fingerprint density at radius 2 is 2.00 bits per heavy atom. The third-order valence-corrected chi connectivity index (χ3v) is 4.70. The van der Waals surface area contributed by atoms with E-state index in [1.807, 2.05) is 12.1 Å². The second kappa shape index (κ2) is 6.47. The van der Waals surface area contributed by atoms with Crippen molar-refractivity contribution in [1.82, 2.24) is 9.55 Å². The highest BCUT2D eigenvalue weighted by atomic mass is 79.9. The Labute approximate surface area is 150 Å². The predicted molar refractivity (Wildman–Crippen MR) is 98.2 cm³/mol. The first-order chi connectivity index (χ1) is 11.0. The number of fused-ring (bicyclic) bond motifs is 1. The highest BCUT2D eigenvalue weighted by Gasteiger charge is 2.10. The standard InChI is InChI=1S/C16H12BrClN2O2S/c1-22-14-6-11-13(7-12(14)17)19-16(23)20(15(11)21)8-9-2-4-10(18)5-3-9/h2-7H,8H2,1H3,(H,19,23). The van der Waals surface area contributed by atoms with Gasteiger partial charge in [-0.15, -0.1) is 0 Å². The maximum atomic E-state index is 12.8. The predicted octanol–water partition coefficient (Wildman–Crippen LogP) is 4.53. The number of rotatable bonds is 3. The van der Waals surface area contributed by atoms with Crippen LogP contribution in [0, 0.1) is 4.77 Å². The molecule has 0 aliphatic carbocycles. The molecule has 0 spiro atoms. The van der Waals surface area contributed by atoms with Crippen molar-refractivity contribution in [2.45, 2.75) is 6.54 Å². The Hall–Kier alpha value is -1.63. The van der Waals surface area contributed by atoms with Gasteiger partial charge in [0, 0.05) is 5.02 Å². The summed E-state index contributed by atoms with van der Waals surface area (Å²) < 4.78 is 7.91. The minimum Gasteiger partial charge on any atom is -0.496 e. The molecule has 3 aromatic rings. The summed E-state index contributed by atoms with van der Waals surface area (Å²) in [5.74, 6) is 0.596. The molecule has 0 radical (unpaired) electrons. The summed E-state index contributed by atoms with van der Waals surface area (Å²) in [6, 6.07) is 10.8. The number of nitrogens with zero attached hydrogens (tertiary/aromatic N) is 1. The first-order valence-electron chi connectivity index (χ1n) is 6.74. The molecule has 0 amide bonds. The Bertz CT molecular complexity index is 996. The molecule has 0 saturated heterocycles. The lowest BCUT2D eigenvalue weighted by Gasteiger charge is -2.10. The topological polar surface area (TPSA) is 47.0 Å². The van der Waals surface area contributed by atoms with E-state index in [4.69, 9.17) is 28.6 Å². The molecule has 4 nitrogen and oxygen atoms in total. The van der Waals surface area contributed by atoms with E-state index in [1.165, 1.54) is 4.57 Å². The number of benzene rings is 2. The average molecular weight is 412 g/mol. The van der Waals surface area contributed by atoms with E-state index in [0.29, 0.717) is 33.0 Å². The van der Waals surface area contributed by atoms with Crippen molar-refractivity contribution in [2.75, 3.05) is 7.11 Å². The van der Waals surface area contributed by atoms with Crippen molar-refractivity contribution in [3.05, 3.63) is 66.6 Å².